The second-order valence-corrected chi connectivity index (χ2v) is 5.94. The quantitative estimate of drug-likeness (QED) is 0.894. The van der Waals surface area contributed by atoms with Crippen LogP contribution in [0.2, 0.25) is 0 Å². The molecule has 0 aromatic heterocycles. The Kier molecular flexibility index (Phi) is 4.24. The average molecular weight is 325 g/mol. The summed E-state index contributed by atoms with van der Waals surface area (Å²) in [5.41, 5.74) is 0.738. The molecule has 1 fully saturated rings. The topological polar surface area (TPSA) is 58.2 Å². The summed E-state index contributed by atoms with van der Waals surface area (Å²) in [6.45, 7) is 3.83. The normalized spacial score (nSPS) is 21.1. The van der Waals surface area contributed by atoms with Gasteiger partial charge in [0.1, 0.15) is 0 Å². The number of carbonyl (C=O) groups excluding carboxylic acids is 2. The first-order valence-electron chi connectivity index (χ1n) is 6.35. The van der Waals surface area contributed by atoms with Gasteiger partial charge in [0, 0.05) is 10.5 Å². The summed E-state index contributed by atoms with van der Waals surface area (Å²) >= 11 is 3.38. The molecule has 102 valence electrons. The van der Waals surface area contributed by atoms with Crippen LogP contribution in [0.3, 0.4) is 0 Å². The molecule has 0 heterocycles. The number of hydrogen-bond donors (Lipinski definition) is 2. The van der Waals surface area contributed by atoms with Gasteiger partial charge in [-0.1, -0.05) is 12.1 Å². The fourth-order valence-electron chi connectivity index (χ4n) is 1.95. The Labute approximate surface area is 121 Å². The maximum atomic E-state index is 12.0. The number of nitrogens with one attached hydrogen (secondary N) is 2. The van der Waals surface area contributed by atoms with Crippen LogP contribution in [0.1, 0.15) is 20.3 Å². The zero-order valence-electron chi connectivity index (χ0n) is 10.9. The van der Waals surface area contributed by atoms with Gasteiger partial charge in [-0.25, -0.2) is 0 Å². The molecule has 1 aromatic carbocycles. The molecule has 2 atom stereocenters. The van der Waals surface area contributed by atoms with Crippen LogP contribution in [0.4, 0.5) is 5.69 Å². The molecule has 0 spiro atoms. The zero-order chi connectivity index (χ0) is 14.0. The van der Waals surface area contributed by atoms with E-state index >= 15 is 0 Å². The van der Waals surface area contributed by atoms with Gasteiger partial charge in [0.15, 0.2) is 0 Å². The highest BCUT2D eigenvalue weighted by Crippen LogP contribution is 2.40. The van der Waals surface area contributed by atoms with Crippen molar-refractivity contribution in [1.82, 2.24) is 5.32 Å². The Balaban J connectivity index is 1.90. The van der Waals surface area contributed by atoms with Gasteiger partial charge in [0.25, 0.3) is 0 Å². The maximum Gasteiger partial charge on any atom is 0.228 e. The van der Waals surface area contributed by atoms with Crippen LogP contribution in [0.5, 0.6) is 0 Å². The van der Waals surface area contributed by atoms with Crippen molar-refractivity contribution >= 4 is 33.4 Å². The summed E-state index contributed by atoms with van der Waals surface area (Å²) in [7, 11) is 0. The number of halogens is 1. The molecule has 2 unspecified atom stereocenters. The van der Waals surface area contributed by atoms with Crippen molar-refractivity contribution in [2.45, 2.75) is 26.3 Å². The minimum Gasteiger partial charge on any atom is -0.354 e. The zero-order valence-corrected chi connectivity index (χ0v) is 12.5. The van der Waals surface area contributed by atoms with E-state index in [1.807, 2.05) is 38.1 Å². The first kappa shape index (κ1) is 14.1. The van der Waals surface area contributed by atoms with Gasteiger partial charge in [-0.2, -0.15) is 0 Å². The molecule has 2 amide bonds. The van der Waals surface area contributed by atoms with Crippen LogP contribution in [0.15, 0.2) is 28.7 Å². The van der Waals surface area contributed by atoms with Crippen LogP contribution in [-0.4, -0.2) is 17.9 Å². The fraction of sp³-hybridized carbons (Fsp3) is 0.429. The van der Waals surface area contributed by atoms with E-state index in [1.54, 1.807) is 0 Å². The monoisotopic (exact) mass is 324 g/mol. The Bertz CT molecular complexity index is 502. The van der Waals surface area contributed by atoms with Crippen molar-refractivity contribution in [2.24, 2.45) is 11.8 Å². The van der Waals surface area contributed by atoms with Gasteiger partial charge in [-0.15, -0.1) is 0 Å². The number of hydrogen-bond acceptors (Lipinski definition) is 2. The van der Waals surface area contributed by atoms with Gasteiger partial charge >= 0.3 is 0 Å². The minimum absolute atomic E-state index is 0.0257. The van der Waals surface area contributed by atoms with E-state index in [0.717, 1.165) is 10.2 Å². The molecule has 5 heteroatoms. The lowest BCUT2D eigenvalue weighted by atomic mass is 10.2. The molecule has 1 aliphatic rings. The highest BCUT2D eigenvalue weighted by molar-refractivity contribution is 9.10. The lowest BCUT2D eigenvalue weighted by Crippen LogP contribution is -2.32. The summed E-state index contributed by atoms with van der Waals surface area (Å²) in [6.07, 6.45) is 0.634. The number of rotatable bonds is 4. The summed E-state index contributed by atoms with van der Waals surface area (Å²) in [6, 6.07) is 7.55. The molecule has 1 aliphatic carbocycles. The molecule has 4 nitrogen and oxygen atoms in total. The van der Waals surface area contributed by atoms with Gasteiger partial charge in [0.05, 0.1) is 17.5 Å². The van der Waals surface area contributed by atoms with Crippen molar-refractivity contribution in [3.05, 3.63) is 28.7 Å². The van der Waals surface area contributed by atoms with E-state index < -0.39 is 0 Å². The van der Waals surface area contributed by atoms with Crippen LogP contribution in [0.25, 0.3) is 0 Å². The van der Waals surface area contributed by atoms with E-state index in [-0.39, 0.29) is 29.7 Å². The average Bonchev–Trinajstić information content (AvgIpc) is 3.11. The molecule has 0 aliphatic heterocycles. The molecule has 2 N–H and O–H groups in total. The number of carbonyl (C=O) groups is 2. The van der Waals surface area contributed by atoms with Crippen LogP contribution >= 0.6 is 15.9 Å². The fourth-order valence-corrected chi connectivity index (χ4v) is 2.34. The van der Waals surface area contributed by atoms with Crippen LogP contribution in [0, 0.1) is 11.8 Å². The molecule has 1 saturated carbocycles. The molecular weight excluding hydrogens is 308 g/mol. The Morgan fingerprint density at radius 1 is 1.21 bits per heavy atom. The van der Waals surface area contributed by atoms with Crippen molar-refractivity contribution < 1.29 is 9.59 Å². The standard InChI is InChI=1S/C14H17BrN2O2/c1-8(2)16-13(18)9-7-10(9)14(19)17-12-6-4-3-5-11(12)15/h3-6,8-10H,7H2,1-2H3,(H,16,18)(H,17,19). The van der Waals surface area contributed by atoms with E-state index in [1.165, 1.54) is 0 Å². The lowest BCUT2D eigenvalue weighted by molar-refractivity contribution is -0.125. The predicted octanol–water partition coefficient (Wildman–Crippen LogP) is 2.55. The van der Waals surface area contributed by atoms with E-state index in [4.69, 9.17) is 0 Å². The van der Waals surface area contributed by atoms with Crippen molar-refractivity contribution in [3.8, 4) is 0 Å². The SMILES string of the molecule is CC(C)NC(=O)C1CC1C(=O)Nc1ccccc1Br. The molecule has 2 rings (SSSR count). The lowest BCUT2D eigenvalue weighted by Gasteiger charge is -2.09. The highest BCUT2D eigenvalue weighted by Gasteiger charge is 2.48. The largest absolute Gasteiger partial charge is 0.354 e. The first-order valence-corrected chi connectivity index (χ1v) is 7.14. The minimum atomic E-state index is -0.203. The third-order valence-corrected chi connectivity index (χ3v) is 3.72. The molecule has 0 radical (unpaired) electrons. The smallest absolute Gasteiger partial charge is 0.228 e. The third kappa shape index (κ3) is 3.56. The van der Waals surface area contributed by atoms with Crippen LogP contribution < -0.4 is 10.6 Å². The van der Waals surface area contributed by atoms with Gasteiger partial charge < -0.3 is 10.6 Å². The van der Waals surface area contributed by atoms with Crippen molar-refractivity contribution in [2.75, 3.05) is 5.32 Å². The second kappa shape index (κ2) is 5.74. The van der Waals surface area contributed by atoms with Crippen molar-refractivity contribution in [3.63, 3.8) is 0 Å². The molecule has 0 saturated heterocycles. The van der Waals surface area contributed by atoms with Gasteiger partial charge in [0.2, 0.25) is 11.8 Å². The number of benzene rings is 1. The summed E-state index contributed by atoms with van der Waals surface area (Å²) < 4.78 is 0.840. The van der Waals surface area contributed by atoms with Crippen LogP contribution in [-0.2, 0) is 9.59 Å². The highest BCUT2D eigenvalue weighted by atomic mass is 79.9. The number of para-hydroxylation sites is 1. The number of amides is 2. The summed E-state index contributed by atoms with van der Waals surface area (Å²) in [4.78, 5) is 23.8. The molecule has 19 heavy (non-hydrogen) atoms. The van der Waals surface area contributed by atoms with E-state index in [9.17, 15) is 9.59 Å². The molecular formula is C14H17BrN2O2. The maximum absolute atomic E-state index is 12.0. The summed E-state index contributed by atoms with van der Waals surface area (Å²) in [5.74, 6) is -0.492. The predicted molar refractivity (Wildman–Crippen MR) is 77.6 cm³/mol. The first-order chi connectivity index (χ1) is 8.99. The Hall–Kier alpha value is -1.36. The van der Waals surface area contributed by atoms with Gasteiger partial charge in [-0.05, 0) is 48.3 Å². The van der Waals surface area contributed by atoms with Gasteiger partial charge in [-0.3, -0.25) is 9.59 Å². The Morgan fingerprint density at radius 2 is 1.84 bits per heavy atom. The number of anilines is 1. The van der Waals surface area contributed by atoms with E-state index in [2.05, 4.69) is 26.6 Å². The third-order valence-electron chi connectivity index (χ3n) is 3.03. The molecule has 1 aromatic rings. The van der Waals surface area contributed by atoms with Crippen molar-refractivity contribution in [1.29, 1.82) is 0 Å². The second-order valence-electron chi connectivity index (χ2n) is 5.08. The Morgan fingerprint density at radius 3 is 2.47 bits per heavy atom. The summed E-state index contributed by atoms with van der Waals surface area (Å²) in [5, 5.41) is 5.68. The molecule has 0 bridgehead atoms. The van der Waals surface area contributed by atoms with E-state index in [0.29, 0.717) is 6.42 Å².